The summed E-state index contributed by atoms with van der Waals surface area (Å²) in [5.41, 5.74) is 6.13. The molecule has 0 nitrogen and oxygen atoms in total. The number of allylic oxidation sites excluding steroid dienone is 4. The molecule has 2 aliphatic rings. The highest BCUT2D eigenvalue weighted by atomic mass is 35.5. The maximum atomic E-state index is 6.15. The van der Waals surface area contributed by atoms with Crippen LogP contribution in [0.2, 0.25) is 5.02 Å². The average molecular weight is 295 g/mol. The van der Waals surface area contributed by atoms with Gasteiger partial charge < -0.3 is 0 Å². The highest BCUT2D eigenvalue weighted by Gasteiger charge is 2.27. The summed E-state index contributed by atoms with van der Waals surface area (Å²) in [4.78, 5) is 0. The Morgan fingerprint density at radius 2 is 2.10 bits per heavy atom. The van der Waals surface area contributed by atoms with E-state index >= 15 is 0 Å². The lowest BCUT2D eigenvalue weighted by Crippen LogP contribution is -2.17. The van der Waals surface area contributed by atoms with Gasteiger partial charge in [-0.1, -0.05) is 54.4 Å². The number of rotatable bonds is 1. The highest BCUT2D eigenvalue weighted by molar-refractivity contribution is 6.31. The van der Waals surface area contributed by atoms with Gasteiger partial charge in [0.25, 0.3) is 0 Å². The molecule has 0 aliphatic heterocycles. The van der Waals surface area contributed by atoms with Crippen molar-refractivity contribution in [2.24, 2.45) is 5.92 Å². The maximum Gasteiger partial charge on any atom is 0.0412 e. The Morgan fingerprint density at radius 3 is 2.95 bits per heavy atom. The van der Waals surface area contributed by atoms with Gasteiger partial charge in [-0.25, -0.2) is 0 Å². The second kappa shape index (κ2) is 5.03. The fraction of sp³-hybridized carbons (Fsp3) is 0.300. The molecule has 2 aromatic rings. The lowest BCUT2D eigenvalue weighted by Gasteiger charge is -2.31. The van der Waals surface area contributed by atoms with Crippen LogP contribution >= 0.6 is 11.6 Å². The fourth-order valence-corrected chi connectivity index (χ4v) is 4.15. The first-order valence-electron chi connectivity index (χ1n) is 7.89. The number of hydrogen-bond acceptors (Lipinski definition) is 0. The molecule has 0 N–H and O–H groups in total. The van der Waals surface area contributed by atoms with Crippen molar-refractivity contribution in [1.82, 2.24) is 0 Å². The van der Waals surface area contributed by atoms with Gasteiger partial charge in [-0.05, 0) is 71.2 Å². The number of halogens is 1. The smallest absolute Gasteiger partial charge is 0.0412 e. The topological polar surface area (TPSA) is 0 Å². The van der Waals surface area contributed by atoms with Crippen LogP contribution in [0.4, 0.5) is 0 Å². The van der Waals surface area contributed by atoms with Crippen molar-refractivity contribution in [3.63, 3.8) is 0 Å². The lowest BCUT2D eigenvalue weighted by molar-refractivity contribution is 0.560. The number of fused-ring (bicyclic) bond motifs is 4. The van der Waals surface area contributed by atoms with Crippen molar-refractivity contribution in [2.75, 3.05) is 0 Å². The molecule has 4 rings (SSSR count). The molecule has 1 unspecified atom stereocenters. The summed E-state index contributed by atoms with van der Waals surface area (Å²) in [6, 6.07) is 10.8. The van der Waals surface area contributed by atoms with E-state index in [4.69, 9.17) is 11.6 Å². The van der Waals surface area contributed by atoms with Crippen molar-refractivity contribution >= 4 is 27.9 Å². The molecule has 0 saturated heterocycles. The Balaban J connectivity index is 2.00. The molecule has 2 aliphatic carbocycles. The van der Waals surface area contributed by atoms with Crippen molar-refractivity contribution in [2.45, 2.75) is 32.6 Å². The molecular formula is C20H19Cl. The van der Waals surface area contributed by atoms with Gasteiger partial charge in [-0.15, -0.1) is 0 Å². The van der Waals surface area contributed by atoms with E-state index in [9.17, 15) is 0 Å². The quantitative estimate of drug-likeness (QED) is 0.589. The first-order valence-corrected chi connectivity index (χ1v) is 8.27. The van der Waals surface area contributed by atoms with E-state index in [1.807, 2.05) is 6.07 Å². The second-order valence-corrected chi connectivity index (χ2v) is 6.58. The number of hydrogen-bond donors (Lipinski definition) is 0. The van der Waals surface area contributed by atoms with Crippen LogP contribution in [0.15, 0.2) is 48.1 Å². The average Bonchev–Trinajstić information content (AvgIpc) is 2.53. The molecule has 0 amide bonds. The summed E-state index contributed by atoms with van der Waals surface area (Å²) in [6.07, 6.45) is 9.53. The minimum Gasteiger partial charge on any atom is -0.0843 e. The minimum absolute atomic E-state index is 0.707. The van der Waals surface area contributed by atoms with E-state index < -0.39 is 0 Å². The van der Waals surface area contributed by atoms with E-state index in [1.54, 1.807) is 5.57 Å². The summed E-state index contributed by atoms with van der Waals surface area (Å²) in [7, 11) is 0. The van der Waals surface area contributed by atoms with E-state index in [2.05, 4.69) is 43.3 Å². The first-order chi connectivity index (χ1) is 10.3. The standard InChI is InChI=1S/C20H19Cl/c1-2-13-12-20-17-10-8-15(21)11-14(17)7-9-19(20)18-6-4-3-5-16(13)18/h4,6-11,13H,2-3,5,12H2,1H3. The normalized spacial score (nSPS) is 20.6. The first kappa shape index (κ1) is 13.2. The molecular weight excluding hydrogens is 276 g/mol. The van der Waals surface area contributed by atoms with Crippen LogP contribution in [-0.2, 0) is 6.42 Å². The third-order valence-electron chi connectivity index (χ3n) is 5.03. The van der Waals surface area contributed by atoms with Crippen LogP contribution in [0.5, 0.6) is 0 Å². The molecule has 0 aromatic heterocycles. The molecule has 21 heavy (non-hydrogen) atoms. The van der Waals surface area contributed by atoms with Crippen LogP contribution in [-0.4, -0.2) is 0 Å². The zero-order valence-electron chi connectivity index (χ0n) is 12.3. The fourth-order valence-electron chi connectivity index (χ4n) is 3.97. The molecule has 0 bridgehead atoms. The third-order valence-corrected chi connectivity index (χ3v) is 5.27. The summed E-state index contributed by atoms with van der Waals surface area (Å²) in [5, 5.41) is 3.46. The van der Waals surface area contributed by atoms with Gasteiger partial charge in [0, 0.05) is 5.02 Å². The zero-order valence-corrected chi connectivity index (χ0v) is 13.1. The van der Waals surface area contributed by atoms with Crippen LogP contribution in [0.1, 0.15) is 37.3 Å². The van der Waals surface area contributed by atoms with Crippen LogP contribution in [0.25, 0.3) is 16.3 Å². The van der Waals surface area contributed by atoms with Gasteiger partial charge in [0.15, 0.2) is 0 Å². The van der Waals surface area contributed by atoms with E-state index in [0.717, 1.165) is 5.02 Å². The summed E-state index contributed by atoms with van der Waals surface area (Å²) < 4.78 is 0. The van der Waals surface area contributed by atoms with E-state index in [0.29, 0.717) is 5.92 Å². The Morgan fingerprint density at radius 1 is 1.19 bits per heavy atom. The van der Waals surface area contributed by atoms with Gasteiger partial charge in [-0.2, -0.15) is 0 Å². The van der Waals surface area contributed by atoms with Crippen molar-refractivity contribution in [3.8, 4) is 0 Å². The summed E-state index contributed by atoms with van der Waals surface area (Å²) in [6.45, 7) is 2.32. The zero-order chi connectivity index (χ0) is 14.4. The minimum atomic E-state index is 0.707. The molecule has 0 saturated carbocycles. The monoisotopic (exact) mass is 294 g/mol. The Hall–Kier alpha value is -1.53. The van der Waals surface area contributed by atoms with Crippen LogP contribution in [0, 0.1) is 5.92 Å². The Kier molecular flexibility index (Phi) is 3.15. The lowest BCUT2D eigenvalue weighted by atomic mass is 9.73. The molecule has 0 spiro atoms. The van der Waals surface area contributed by atoms with Gasteiger partial charge in [0.05, 0.1) is 0 Å². The van der Waals surface area contributed by atoms with Gasteiger partial charge in [0.1, 0.15) is 0 Å². The Bertz CT molecular complexity index is 780. The van der Waals surface area contributed by atoms with Gasteiger partial charge in [-0.3, -0.25) is 0 Å². The number of benzene rings is 2. The molecule has 0 fully saturated rings. The SMILES string of the molecule is CCC1Cc2c(ccc3cc(Cl)ccc23)C2=C1CCC=C2. The predicted octanol–water partition coefficient (Wildman–Crippen LogP) is 6.18. The van der Waals surface area contributed by atoms with Crippen LogP contribution < -0.4 is 0 Å². The third kappa shape index (κ3) is 2.05. The van der Waals surface area contributed by atoms with E-state index in [1.165, 1.54) is 53.2 Å². The highest BCUT2D eigenvalue weighted by Crippen LogP contribution is 2.43. The summed E-state index contributed by atoms with van der Waals surface area (Å²) >= 11 is 6.15. The molecule has 1 atom stereocenters. The van der Waals surface area contributed by atoms with E-state index in [-0.39, 0.29) is 0 Å². The molecule has 2 aromatic carbocycles. The molecule has 0 radical (unpaired) electrons. The molecule has 1 heteroatoms. The van der Waals surface area contributed by atoms with Crippen LogP contribution in [0.3, 0.4) is 0 Å². The van der Waals surface area contributed by atoms with Crippen molar-refractivity contribution in [1.29, 1.82) is 0 Å². The molecule has 106 valence electrons. The Labute approximate surface area is 131 Å². The van der Waals surface area contributed by atoms with Crippen molar-refractivity contribution < 1.29 is 0 Å². The maximum absolute atomic E-state index is 6.15. The van der Waals surface area contributed by atoms with Gasteiger partial charge in [0.2, 0.25) is 0 Å². The molecule has 0 heterocycles. The van der Waals surface area contributed by atoms with Crippen molar-refractivity contribution in [3.05, 3.63) is 64.2 Å². The largest absolute Gasteiger partial charge is 0.0843 e. The summed E-state index contributed by atoms with van der Waals surface area (Å²) in [5.74, 6) is 0.707. The second-order valence-electron chi connectivity index (χ2n) is 6.15. The van der Waals surface area contributed by atoms with Gasteiger partial charge >= 0.3 is 0 Å². The predicted molar refractivity (Wildman–Crippen MR) is 91.7 cm³/mol.